The van der Waals surface area contributed by atoms with Crippen molar-refractivity contribution in [3.05, 3.63) is 18.0 Å². The minimum absolute atomic E-state index is 0.254. The van der Waals surface area contributed by atoms with Crippen molar-refractivity contribution in [3.63, 3.8) is 0 Å². The molecule has 0 aliphatic rings. The number of nitrogens with zero attached hydrogens (tertiary/aromatic N) is 2. The maximum atomic E-state index is 5.33. The first kappa shape index (κ1) is 13.2. The van der Waals surface area contributed by atoms with Crippen LogP contribution >= 0.6 is 0 Å². The van der Waals surface area contributed by atoms with Crippen LogP contribution in [-0.2, 0) is 11.8 Å². The van der Waals surface area contributed by atoms with Gasteiger partial charge in [0.15, 0.2) is 0 Å². The van der Waals surface area contributed by atoms with Crippen molar-refractivity contribution in [3.8, 4) is 0 Å². The van der Waals surface area contributed by atoms with Crippen molar-refractivity contribution in [2.45, 2.75) is 38.8 Å². The van der Waals surface area contributed by atoms with Crippen LogP contribution in [-0.4, -0.2) is 29.5 Å². The number of nitrogens with one attached hydrogen (secondary N) is 1. The van der Waals surface area contributed by atoms with Crippen LogP contribution < -0.4 is 5.32 Å². The van der Waals surface area contributed by atoms with Gasteiger partial charge in [0.25, 0.3) is 0 Å². The van der Waals surface area contributed by atoms with Gasteiger partial charge >= 0.3 is 0 Å². The first-order valence-electron chi connectivity index (χ1n) is 5.93. The summed E-state index contributed by atoms with van der Waals surface area (Å²) in [6.45, 7) is 5.29. The molecular weight excluding hydrogens is 202 g/mol. The molecule has 0 aromatic carbocycles. The lowest BCUT2D eigenvalue weighted by Gasteiger charge is -2.21. The number of hydrogen-bond acceptors (Lipinski definition) is 3. The molecule has 0 aliphatic carbocycles. The van der Waals surface area contributed by atoms with E-state index in [9.17, 15) is 0 Å². The van der Waals surface area contributed by atoms with E-state index in [0.717, 1.165) is 19.4 Å². The Morgan fingerprint density at radius 2 is 2.31 bits per heavy atom. The Hall–Kier alpha value is -0.870. The first-order chi connectivity index (χ1) is 7.69. The molecule has 0 bridgehead atoms. The lowest BCUT2D eigenvalue weighted by atomic mass is 10.1. The van der Waals surface area contributed by atoms with E-state index >= 15 is 0 Å². The van der Waals surface area contributed by atoms with Crippen molar-refractivity contribution in [1.29, 1.82) is 0 Å². The van der Waals surface area contributed by atoms with Crippen LogP contribution in [0.5, 0.6) is 0 Å². The molecule has 16 heavy (non-hydrogen) atoms. The van der Waals surface area contributed by atoms with E-state index in [4.69, 9.17) is 4.74 Å². The molecule has 2 unspecified atom stereocenters. The van der Waals surface area contributed by atoms with Crippen molar-refractivity contribution >= 4 is 0 Å². The number of hydrogen-bond donors (Lipinski definition) is 1. The third-order valence-corrected chi connectivity index (χ3v) is 2.83. The van der Waals surface area contributed by atoms with Crippen LogP contribution in [0.2, 0.25) is 0 Å². The van der Waals surface area contributed by atoms with Crippen LogP contribution in [0.1, 0.15) is 38.4 Å². The predicted molar refractivity (Wildman–Crippen MR) is 65.3 cm³/mol. The normalized spacial score (nSPS) is 15.0. The zero-order valence-electron chi connectivity index (χ0n) is 10.7. The van der Waals surface area contributed by atoms with E-state index in [-0.39, 0.29) is 6.10 Å². The zero-order chi connectivity index (χ0) is 12.0. The van der Waals surface area contributed by atoms with E-state index in [0.29, 0.717) is 6.04 Å². The Labute approximate surface area is 98.0 Å². The lowest BCUT2D eigenvalue weighted by Crippen LogP contribution is -2.27. The van der Waals surface area contributed by atoms with Gasteiger partial charge in [0.2, 0.25) is 0 Å². The van der Waals surface area contributed by atoms with Crippen molar-refractivity contribution in [1.82, 2.24) is 15.1 Å². The predicted octanol–water partition coefficient (Wildman–Crippen LogP) is 1.89. The fourth-order valence-electron chi connectivity index (χ4n) is 1.78. The van der Waals surface area contributed by atoms with Gasteiger partial charge in [-0.15, -0.1) is 0 Å². The first-order valence-corrected chi connectivity index (χ1v) is 5.93. The Morgan fingerprint density at radius 1 is 1.56 bits per heavy atom. The SMILES string of the molecule is CCCNC(CC(C)OC)c1ccnn1C. The molecule has 0 saturated heterocycles. The number of ether oxygens (including phenoxy) is 1. The molecule has 1 rings (SSSR count). The molecule has 0 amide bonds. The van der Waals surface area contributed by atoms with Crippen molar-refractivity contribution < 1.29 is 4.74 Å². The van der Waals surface area contributed by atoms with Gasteiger partial charge in [-0.2, -0.15) is 5.10 Å². The number of aryl methyl sites for hydroxylation is 1. The molecule has 92 valence electrons. The van der Waals surface area contributed by atoms with Gasteiger partial charge in [-0.25, -0.2) is 0 Å². The summed E-state index contributed by atoms with van der Waals surface area (Å²) >= 11 is 0. The molecule has 0 saturated carbocycles. The average molecular weight is 225 g/mol. The minimum atomic E-state index is 0.254. The number of methoxy groups -OCH3 is 1. The maximum Gasteiger partial charge on any atom is 0.0561 e. The van der Waals surface area contributed by atoms with E-state index in [1.807, 2.05) is 17.9 Å². The molecule has 0 radical (unpaired) electrons. The third kappa shape index (κ3) is 3.61. The molecule has 1 aromatic rings. The highest BCUT2D eigenvalue weighted by atomic mass is 16.5. The quantitative estimate of drug-likeness (QED) is 0.770. The van der Waals surface area contributed by atoms with Gasteiger partial charge in [0.1, 0.15) is 0 Å². The minimum Gasteiger partial charge on any atom is -0.382 e. The fraction of sp³-hybridized carbons (Fsp3) is 0.750. The summed E-state index contributed by atoms with van der Waals surface area (Å²) in [6, 6.07) is 2.39. The van der Waals surface area contributed by atoms with Crippen LogP contribution in [0.15, 0.2) is 12.3 Å². The van der Waals surface area contributed by atoms with E-state index in [2.05, 4.69) is 30.3 Å². The van der Waals surface area contributed by atoms with Gasteiger partial charge in [0.05, 0.1) is 17.8 Å². The van der Waals surface area contributed by atoms with Gasteiger partial charge in [-0.05, 0) is 32.4 Å². The molecule has 0 spiro atoms. The van der Waals surface area contributed by atoms with Gasteiger partial charge in [0, 0.05) is 20.4 Å². The maximum absolute atomic E-state index is 5.33. The average Bonchev–Trinajstić information content (AvgIpc) is 2.70. The Bertz CT molecular complexity index is 298. The summed E-state index contributed by atoms with van der Waals surface area (Å²) in [5, 5.41) is 7.75. The highest BCUT2D eigenvalue weighted by molar-refractivity contribution is 5.06. The fourth-order valence-corrected chi connectivity index (χ4v) is 1.78. The monoisotopic (exact) mass is 225 g/mol. The second kappa shape index (κ2) is 6.66. The second-order valence-electron chi connectivity index (χ2n) is 4.17. The Balaban J connectivity index is 2.67. The van der Waals surface area contributed by atoms with Crippen molar-refractivity contribution in [2.24, 2.45) is 7.05 Å². The molecule has 1 N–H and O–H groups in total. The highest BCUT2D eigenvalue weighted by Gasteiger charge is 2.17. The van der Waals surface area contributed by atoms with Crippen molar-refractivity contribution in [2.75, 3.05) is 13.7 Å². The van der Waals surface area contributed by atoms with Crippen LogP contribution in [0.4, 0.5) is 0 Å². The van der Waals surface area contributed by atoms with Gasteiger partial charge in [-0.3, -0.25) is 4.68 Å². The summed E-state index contributed by atoms with van der Waals surface area (Å²) < 4.78 is 7.26. The second-order valence-corrected chi connectivity index (χ2v) is 4.17. The van der Waals surface area contributed by atoms with Crippen LogP contribution in [0.3, 0.4) is 0 Å². The van der Waals surface area contributed by atoms with Gasteiger partial charge < -0.3 is 10.1 Å². The largest absolute Gasteiger partial charge is 0.382 e. The Kier molecular flexibility index (Phi) is 5.49. The number of rotatable bonds is 7. The molecule has 1 aromatic heterocycles. The van der Waals surface area contributed by atoms with E-state index in [1.165, 1.54) is 5.69 Å². The van der Waals surface area contributed by atoms with E-state index < -0.39 is 0 Å². The third-order valence-electron chi connectivity index (χ3n) is 2.83. The summed E-state index contributed by atoms with van der Waals surface area (Å²) in [4.78, 5) is 0. The molecule has 4 nitrogen and oxygen atoms in total. The highest BCUT2D eigenvalue weighted by Crippen LogP contribution is 2.18. The summed E-state index contributed by atoms with van der Waals surface area (Å²) in [7, 11) is 3.73. The molecule has 0 fully saturated rings. The summed E-state index contributed by atoms with van der Waals surface area (Å²) in [5.74, 6) is 0. The topological polar surface area (TPSA) is 39.1 Å². The van der Waals surface area contributed by atoms with E-state index in [1.54, 1.807) is 7.11 Å². The summed E-state index contributed by atoms with van der Waals surface area (Å²) in [6.07, 6.45) is 4.20. The molecular formula is C12H23N3O. The lowest BCUT2D eigenvalue weighted by molar-refractivity contribution is 0.0994. The molecule has 0 aliphatic heterocycles. The van der Waals surface area contributed by atoms with Gasteiger partial charge in [-0.1, -0.05) is 6.92 Å². The standard InChI is InChI=1S/C12H23N3O/c1-5-7-13-11(9-10(2)16-4)12-6-8-14-15(12)3/h6,8,10-11,13H,5,7,9H2,1-4H3. The zero-order valence-corrected chi connectivity index (χ0v) is 10.7. The number of aromatic nitrogens is 2. The van der Waals surface area contributed by atoms with Crippen LogP contribution in [0.25, 0.3) is 0 Å². The molecule has 2 atom stereocenters. The smallest absolute Gasteiger partial charge is 0.0561 e. The summed E-state index contributed by atoms with van der Waals surface area (Å²) in [5.41, 5.74) is 1.22. The van der Waals surface area contributed by atoms with Crippen LogP contribution in [0, 0.1) is 0 Å². The molecule has 1 heterocycles. The molecule has 4 heteroatoms. The Morgan fingerprint density at radius 3 is 2.81 bits per heavy atom.